The average Bonchev–Trinajstić information content (AvgIpc) is 2.36. The molecule has 20 heavy (non-hydrogen) atoms. The van der Waals surface area contributed by atoms with Crippen LogP contribution in [-0.4, -0.2) is 34.0 Å². The van der Waals surface area contributed by atoms with Crippen LogP contribution in [0, 0.1) is 21.8 Å². The molecular weight excluding hydrogens is 267 g/mol. The number of nitrogens with zero attached hydrogens (tertiary/aromatic N) is 2. The highest BCUT2D eigenvalue weighted by Crippen LogP contribution is 2.18. The molecule has 6 nitrogen and oxygen atoms in total. The number of hydrogen-bond acceptors (Lipinski definition) is 4. The van der Waals surface area contributed by atoms with E-state index in [4.69, 9.17) is 5.11 Å². The minimum absolute atomic E-state index is 0.271. The number of carboxylic acid groups (broad SMARTS) is 1. The van der Waals surface area contributed by atoms with Crippen LogP contribution < -0.4 is 0 Å². The molecule has 0 heterocycles. The summed E-state index contributed by atoms with van der Waals surface area (Å²) in [6, 6.07) is 3.39. The van der Waals surface area contributed by atoms with Crippen molar-refractivity contribution in [2.45, 2.75) is 20.4 Å². The van der Waals surface area contributed by atoms with Crippen molar-refractivity contribution in [3.05, 3.63) is 39.7 Å². The van der Waals surface area contributed by atoms with Crippen LogP contribution in [0.5, 0.6) is 0 Å². The monoisotopic (exact) mass is 284 g/mol. The van der Waals surface area contributed by atoms with Crippen molar-refractivity contribution >= 4 is 11.7 Å². The van der Waals surface area contributed by atoms with Crippen molar-refractivity contribution in [1.82, 2.24) is 4.90 Å². The Hall–Kier alpha value is -2.02. The summed E-state index contributed by atoms with van der Waals surface area (Å²) in [6.45, 7) is 4.58. The Balaban J connectivity index is 2.84. The number of nitro benzene ring substituents is 1. The maximum Gasteiger partial charge on any atom is 0.307 e. The molecular formula is C13H17FN2O4. The second-order valence-electron chi connectivity index (χ2n) is 4.64. The third-order valence-corrected chi connectivity index (χ3v) is 2.96. The van der Waals surface area contributed by atoms with Crippen LogP contribution in [-0.2, 0) is 11.3 Å². The fourth-order valence-corrected chi connectivity index (χ4v) is 1.86. The Morgan fingerprint density at radius 3 is 2.65 bits per heavy atom. The lowest BCUT2D eigenvalue weighted by atomic mass is 10.1. The molecule has 1 unspecified atom stereocenters. The zero-order valence-electron chi connectivity index (χ0n) is 11.4. The van der Waals surface area contributed by atoms with Crippen molar-refractivity contribution in [3.8, 4) is 0 Å². The molecule has 0 bridgehead atoms. The minimum atomic E-state index is -0.909. The van der Waals surface area contributed by atoms with Crippen molar-refractivity contribution in [1.29, 1.82) is 0 Å². The Kier molecular flexibility index (Phi) is 5.57. The first-order valence-corrected chi connectivity index (χ1v) is 6.22. The number of carboxylic acids is 1. The molecule has 0 saturated heterocycles. The molecule has 0 aliphatic carbocycles. The van der Waals surface area contributed by atoms with E-state index in [9.17, 15) is 19.3 Å². The molecule has 0 saturated carbocycles. The summed E-state index contributed by atoms with van der Waals surface area (Å²) in [5.74, 6) is -2.14. The predicted octanol–water partition coefficient (Wildman–Crippen LogP) is 2.28. The molecule has 7 heteroatoms. The van der Waals surface area contributed by atoms with E-state index < -0.39 is 22.6 Å². The van der Waals surface area contributed by atoms with Gasteiger partial charge in [0.05, 0.1) is 16.9 Å². The first-order chi connectivity index (χ1) is 9.33. The summed E-state index contributed by atoms with van der Waals surface area (Å²) in [5, 5.41) is 19.6. The van der Waals surface area contributed by atoms with Crippen molar-refractivity contribution in [3.63, 3.8) is 0 Å². The van der Waals surface area contributed by atoms with Gasteiger partial charge in [-0.2, -0.15) is 0 Å². The van der Waals surface area contributed by atoms with Gasteiger partial charge < -0.3 is 5.11 Å². The van der Waals surface area contributed by atoms with E-state index in [1.165, 1.54) is 12.1 Å². The number of aliphatic carboxylic acids is 1. The number of benzene rings is 1. The standard InChI is InChI=1S/C13H17FN2O4/c1-3-15(7-9(2)13(17)18)8-10-4-11(14)6-12(5-10)16(19)20/h4-6,9H,3,7-8H2,1-2H3,(H,17,18). The normalized spacial score (nSPS) is 12.4. The maximum atomic E-state index is 13.3. The Bertz CT molecular complexity index is 507. The molecule has 1 aromatic rings. The largest absolute Gasteiger partial charge is 0.481 e. The van der Waals surface area contributed by atoms with Gasteiger partial charge in [0.25, 0.3) is 5.69 Å². The van der Waals surface area contributed by atoms with Crippen LogP contribution in [0.4, 0.5) is 10.1 Å². The van der Waals surface area contributed by atoms with Gasteiger partial charge in [0.15, 0.2) is 0 Å². The van der Waals surface area contributed by atoms with Gasteiger partial charge >= 0.3 is 5.97 Å². The molecule has 0 spiro atoms. The second kappa shape index (κ2) is 6.95. The second-order valence-corrected chi connectivity index (χ2v) is 4.64. The fraction of sp³-hybridized carbons (Fsp3) is 0.462. The van der Waals surface area contributed by atoms with E-state index in [1.54, 1.807) is 11.8 Å². The van der Waals surface area contributed by atoms with E-state index in [1.807, 2.05) is 6.92 Å². The van der Waals surface area contributed by atoms with Gasteiger partial charge in [-0.25, -0.2) is 4.39 Å². The summed E-state index contributed by atoms with van der Waals surface area (Å²) in [6.07, 6.45) is 0. The van der Waals surface area contributed by atoms with Gasteiger partial charge in [-0.05, 0) is 18.2 Å². The molecule has 0 aliphatic heterocycles. The highest BCUT2D eigenvalue weighted by molar-refractivity contribution is 5.69. The lowest BCUT2D eigenvalue weighted by Gasteiger charge is -2.22. The van der Waals surface area contributed by atoms with E-state index in [0.717, 1.165) is 6.07 Å². The Labute approximate surface area is 116 Å². The zero-order chi connectivity index (χ0) is 15.3. The number of halogens is 1. The smallest absolute Gasteiger partial charge is 0.307 e. The highest BCUT2D eigenvalue weighted by atomic mass is 19.1. The quantitative estimate of drug-likeness (QED) is 0.613. The Morgan fingerprint density at radius 1 is 1.50 bits per heavy atom. The molecule has 1 aromatic carbocycles. The van der Waals surface area contributed by atoms with Gasteiger partial charge in [0.2, 0.25) is 0 Å². The van der Waals surface area contributed by atoms with Crippen molar-refractivity contribution < 1.29 is 19.2 Å². The van der Waals surface area contributed by atoms with E-state index in [2.05, 4.69) is 0 Å². The summed E-state index contributed by atoms with van der Waals surface area (Å²) < 4.78 is 13.3. The van der Waals surface area contributed by atoms with Crippen LogP contribution in [0.25, 0.3) is 0 Å². The third-order valence-electron chi connectivity index (χ3n) is 2.96. The summed E-state index contributed by atoms with van der Waals surface area (Å²) in [5.41, 5.74) is 0.151. The van der Waals surface area contributed by atoms with Gasteiger partial charge in [0.1, 0.15) is 5.82 Å². The Morgan fingerprint density at radius 2 is 2.15 bits per heavy atom. The number of rotatable bonds is 7. The molecule has 1 rings (SSSR count). The summed E-state index contributed by atoms with van der Waals surface area (Å²) in [4.78, 5) is 22.7. The fourth-order valence-electron chi connectivity index (χ4n) is 1.86. The van der Waals surface area contributed by atoms with E-state index in [-0.39, 0.29) is 12.2 Å². The zero-order valence-corrected chi connectivity index (χ0v) is 11.4. The molecule has 1 atom stereocenters. The molecule has 110 valence electrons. The number of non-ortho nitro benzene ring substituents is 1. The SMILES string of the molecule is CCN(Cc1cc(F)cc([N+](=O)[O-])c1)CC(C)C(=O)O. The van der Waals surface area contributed by atoms with Crippen LogP contribution in [0.1, 0.15) is 19.4 Å². The topological polar surface area (TPSA) is 83.7 Å². The molecule has 0 aromatic heterocycles. The molecule has 0 amide bonds. The van der Waals surface area contributed by atoms with Crippen molar-refractivity contribution in [2.24, 2.45) is 5.92 Å². The number of nitro groups is 1. The summed E-state index contributed by atoms with van der Waals surface area (Å²) in [7, 11) is 0. The lowest BCUT2D eigenvalue weighted by molar-refractivity contribution is -0.385. The van der Waals surface area contributed by atoms with Crippen LogP contribution >= 0.6 is 0 Å². The van der Waals surface area contributed by atoms with Crippen LogP contribution in [0.3, 0.4) is 0 Å². The maximum absolute atomic E-state index is 13.3. The highest BCUT2D eigenvalue weighted by Gasteiger charge is 2.17. The van der Waals surface area contributed by atoms with Gasteiger partial charge in [-0.1, -0.05) is 13.8 Å². The first-order valence-electron chi connectivity index (χ1n) is 6.22. The molecule has 0 fully saturated rings. The van der Waals surface area contributed by atoms with Gasteiger partial charge in [-0.3, -0.25) is 19.8 Å². The third kappa shape index (κ3) is 4.58. The van der Waals surface area contributed by atoms with Crippen molar-refractivity contribution in [2.75, 3.05) is 13.1 Å². The number of hydrogen-bond donors (Lipinski definition) is 1. The first kappa shape index (κ1) is 16.0. The van der Waals surface area contributed by atoms with E-state index >= 15 is 0 Å². The van der Waals surface area contributed by atoms with Gasteiger partial charge in [-0.15, -0.1) is 0 Å². The average molecular weight is 284 g/mol. The molecule has 1 N–H and O–H groups in total. The predicted molar refractivity (Wildman–Crippen MR) is 70.8 cm³/mol. The molecule has 0 aliphatic rings. The summed E-state index contributed by atoms with van der Waals surface area (Å²) >= 11 is 0. The van der Waals surface area contributed by atoms with Gasteiger partial charge in [0, 0.05) is 19.2 Å². The van der Waals surface area contributed by atoms with E-state index in [0.29, 0.717) is 18.7 Å². The molecule has 0 radical (unpaired) electrons. The lowest BCUT2D eigenvalue weighted by Crippen LogP contribution is -2.31. The minimum Gasteiger partial charge on any atom is -0.481 e. The number of carbonyl (C=O) groups is 1. The van der Waals surface area contributed by atoms with Crippen LogP contribution in [0.15, 0.2) is 18.2 Å². The van der Waals surface area contributed by atoms with Crippen LogP contribution in [0.2, 0.25) is 0 Å².